The van der Waals surface area contributed by atoms with Crippen molar-refractivity contribution in [2.75, 3.05) is 0 Å². The SMILES string of the molecule is C=CCC/C=C(\C=C)NC(=O)c1cccc(-n2cnnn2)c1.CC.CC. The monoisotopic (exact) mass is 355 g/mol. The molecular weight excluding hydrogens is 326 g/mol. The lowest BCUT2D eigenvalue weighted by Crippen LogP contribution is -2.22. The summed E-state index contributed by atoms with van der Waals surface area (Å²) in [6, 6.07) is 7.05. The summed E-state index contributed by atoms with van der Waals surface area (Å²) in [5.74, 6) is -0.209. The predicted molar refractivity (Wildman–Crippen MR) is 107 cm³/mol. The molecule has 0 unspecified atom stereocenters. The Balaban J connectivity index is 0.00000146. The molecule has 1 heterocycles. The molecule has 6 nitrogen and oxygen atoms in total. The highest BCUT2D eigenvalue weighted by Crippen LogP contribution is 2.09. The molecule has 0 aliphatic rings. The van der Waals surface area contributed by atoms with Gasteiger partial charge >= 0.3 is 0 Å². The number of unbranched alkanes of at least 4 members (excludes halogenated alkanes) is 1. The third-order valence-electron chi connectivity index (χ3n) is 2.93. The van der Waals surface area contributed by atoms with E-state index in [-0.39, 0.29) is 5.91 Å². The Kier molecular flexibility index (Phi) is 12.7. The van der Waals surface area contributed by atoms with Crippen LogP contribution in [0.4, 0.5) is 0 Å². The Labute approximate surface area is 156 Å². The summed E-state index contributed by atoms with van der Waals surface area (Å²) in [7, 11) is 0. The number of carbonyl (C=O) groups is 1. The van der Waals surface area contributed by atoms with Gasteiger partial charge in [0.15, 0.2) is 0 Å². The van der Waals surface area contributed by atoms with Crippen molar-refractivity contribution in [3.8, 4) is 5.69 Å². The topological polar surface area (TPSA) is 72.7 Å². The van der Waals surface area contributed by atoms with Crippen molar-refractivity contribution in [1.29, 1.82) is 0 Å². The number of aromatic nitrogens is 4. The standard InChI is InChI=1S/C16H17N5O.2C2H6/c1-3-5-6-9-14(4-2)18-16(22)13-8-7-10-15(11-13)21-12-17-19-20-21;2*1-2/h3-4,7-12H,1-2,5-6H2,(H,18,22);2*1-2H3/b14-9+;;. The van der Waals surface area contributed by atoms with Gasteiger partial charge in [0.2, 0.25) is 0 Å². The normalized spacial score (nSPS) is 9.77. The maximum Gasteiger partial charge on any atom is 0.255 e. The summed E-state index contributed by atoms with van der Waals surface area (Å²) in [4.78, 5) is 12.3. The van der Waals surface area contributed by atoms with Gasteiger partial charge in [0, 0.05) is 11.3 Å². The molecule has 0 aliphatic carbocycles. The lowest BCUT2D eigenvalue weighted by Gasteiger charge is -2.07. The van der Waals surface area contributed by atoms with Crippen LogP contribution in [0.5, 0.6) is 0 Å². The van der Waals surface area contributed by atoms with Crippen LogP contribution in [0.2, 0.25) is 0 Å². The van der Waals surface area contributed by atoms with Crippen molar-refractivity contribution >= 4 is 5.91 Å². The Morgan fingerprint density at radius 2 is 1.92 bits per heavy atom. The second kappa shape index (κ2) is 14.3. The molecule has 0 aliphatic heterocycles. The second-order valence-corrected chi connectivity index (χ2v) is 4.49. The Bertz CT molecular complexity index is 690. The van der Waals surface area contributed by atoms with E-state index >= 15 is 0 Å². The van der Waals surface area contributed by atoms with Gasteiger partial charge in [0.05, 0.1) is 5.69 Å². The molecule has 2 aromatic rings. The summed E-state index contributed by atoms with van der Waals surface area (Å²) in [5, 5.41) is 13.8. The molecule has 6 heteroatoms. The van der Waals surface area contributed by atoms with Gasteiger partial charge in [-0.25, -0.2) is 4.68 Å². The van der Waals surface area contributed by atoms with Gasteiger partial charge in [-0.1, -0.05) is 52.5 Å². The molecule has 1 N–H and O–H groups in total. The fraction of sp³-hybridized carbons (Fsp3) is 0.300. The number of allylic oxidation sites excluding steroid dienone is 3. The molecule has 0 bridgehead atoms. The van der Waals surface area contributed by atoms with Crippen molar-refractivity contribution in [3.05, 3.63) is 73.2 Å². The van der Waals surface area contributed by atoms with Gasteiger partial charge in [-0.15, -0.1) is 11.7 Å². The first-order chi connectivity index (χ1) is 12.7. The molecule has 0 spiro atoms. The van der Waals surface area contributed by atoms with E-state index in [0.29, 0.717) is 16.9 Å². The fourth-order valence-corrected chi connectivity index (χ4v) is 1.81. The van der Waals surface area contributed by atoms with Gasteiger partial charge in [-0.3, -0.25) is 4.79 Å². The van der Waals surface area contributed by atoms with Crippen molar-refractivity contribution < 1.29 is 4.79 Å². The second-order valence-electron chi connectivity index (χ2n) is 4.49. The minimum Gasteiger partial charge on any atom is -0.322 e. The molecule has 1 amide bonds. The van der Waals surface area contributed by atoms with E-state index in [9.17, 15) is 4.79 Å². The Morgan fingerprint density at radius 1 is 1.19 bits per heavy atom. The van der Waals surface area contributed by atoms with E-state index in [1.54, 1.807) is 24.3 Å². The number of hydrogen-bond acceptors (Lipinski definition) is 4. The van der Waals surface area contributed by atoms with Gasteiger partial charge in [-0.05, 0) is 47.5 Å². The molecule has 0 fully saturated rings. The number of nitrogens with zero attached hydrogens (tertiary/aromatic N) is 4. The molecule has 26 heavy (non-hydrogen) atoms. The molecule has 0 saturated carbocycles. The molecule has 140 valence electrons. The van der Waals surface area contributed by atoms with Gasteiger partial charge in [-0.2, -0.15) is 0 Å². The molecule has 0 saturated heterocycles. The van der Waals surface area contributed by atoms with Crippen LogP contribution in [-0.4, -0.2) is 26.1 Å². The highest BCUT2D eigenvalue weighted by molar-refractivity contribution is 5.96. The largest absolute Gasteiger partial charge is 0.322 e. The van der Waals surface area contributed by atoms with Crippen LogP contribution in [0.15, 0.2) is 67.7 Å². The number of amides is 1. The predicted octanol–water partition coefficient (Wildman–Crippen LogP) is 4.48. The summed E-state index contributed by atoms with van der Waals surface area (Å²) in [6.07, 6.45) is 8.48. The van der Waals surface area contributed by atoms with Crippen LogP contribution >= 0.6 is 0 Å². The van der Waals surface area contributed by atoms with Crippen LogP contribution in [0.25, 0.3) is 5.69 Å². The molecule has 1 aromatic heterocycles. The molecule has 1 aromatic carbocycles. The average Bonchev–Trinajstić information content (AvgIpc) is 3.25. The lowest BCUT2D eigenvalue weighted by atomic mass is 10.1. The van der Waals surface area contributed by atoms with Crippen molar-refractivity contribution in [3.63, 3.8) is 0 Å². The van der Waals surface area contributed by atoms with E-state index in [0.717, 1.165) is 12.8 Å². The van der Waals surface area contributed by atoms with Crippen LogP contribution in [0.3, 0.4) is 0 Å². The first-order valence-corrected chi connectivity index (χ1v) is 8.83. The molecule has 0 atom stereocenters. The number of rotatable bonds is 7. The zero-order chi connectivity index (χ0) is 19.8. The highest BCUT2D eigenvalue weighted by Gasteiger charge is 2.08. The molecular formula is C20H29N5O. The van der Waals surface area contributed by atoms with E-state index < -0.39 is 0 Å². The minimum absolute atomic E-state index is 0.209. The zero-order valence-electron chi connectivity index (χ0n) is 16.1. The quantitative estimate of drug-likeness (QED) is 0.451. The van der Waals surface area contributed by atoms with Crippen LogP contribution in [0.1, 0.15) is 50.9 Å². The first-order valence-electron chi connectivity index (χ1n) is 8.83. The fourth-order valence-electron chi connectivity index (χ4n) is 1.81. The van der Waals surface area contributed by atoms with E-state index in [4.69, 9.17) is 0 Å². The highest BCUT2D eigenvalue weighted by atomic mass is 16.1. The third kappa shape index (κ3) is 7.70. The first kappa shape index (κ1) is 23.0. The summed E-state index contributed by atoms with van der Waals surface area (Å²) in [6.45, 7) is 15.4. The average molecular weight is 355 g/mol. The summed E-state index contributed by atoms with van der Waals surface area (Å²) >= 11 is 0. The minimum atomic E-state index is -0.209. The van der Waals surface area contributed by atoms with Crippen molar-refractivity contribution in [2.24, 2.45) is 0 Å². The van der Waals surface area contributed by atoms with Crippen LogP contribution < -0.4 is 5.32 Å². The Morgan fingerprint density at radius 3 is 2.50 bits per heavy atom. The smallest absolute Gasteiger partial charge is 0.255 e. The lowest BCUT2D eigenvalue weighted by molar-refractivity contribution is 0.0967. The van der Waals surface area contributed by atoms with Crippen molar-refractivity contribution in [1.82, 2.24) is 25.5 Å². The van der Waals surface area contributed by atoms with E-state index in [1.807, 2.05) is 45.9 Å². The van der Waals surface area contributed by atoms with Crippen LogP contribution in [0, 0.1) is 0 Å². The van der Waals surface area contributed by atoms with E-state index in [1.165, 1.54) is 11.0 Å². The maximum absolute atomic E-state index is 12.3. The van der Waals surface area contributed by atoms with Crippen LogP contribution in [-0.2, 0) is 0 Å². The van der Waals surface area contributed by atoms with Crippen molar-refractivity contribution in [2.45, 2.75) is 40.5 Å². The van der Waals surface area contributed by atoms with Gasteiger partial charge < -0.3 is 5.32 Å². The number of nitrogens with one attached hydrogen (secondary N) is 1. The number of carbonyl (C=O) groups excluding carboxylic acids is 1. The van der Waals surface area contributed by atoms with E-state index in [2.05, 4.69) is 34.0 Å². The zero-order valence-corrected chi connectivity index (χ0v) is 16.1. The molecule has 0 radical (unpaired) electrons. The molecule has 2 rings (SSSR count). The maximum atomic E-state index is 12.3. The number of tetrazole rings is 1. The van der Waals surface area contributed by atoms with Gasteiger partial charge in [0.1, 0.15) is 6.33 Å². The number of hydrogen-bond donors (Lipinski definition) is 1. The summed E-state index contributed by atoms with van der Waals surface area (Å²) < 4.78 is 1.49. The number of benzene rings is 1. The summed E-state index contributed by atoms with van der Waals surface area (Å²) in [5.41, 5.74) is 1.91. The Hall–Kier alpha value is -3.02. The third-order valence-corrected chi connectivity index (χ3v) is 2.93. The van der Waals surface area contributed by atoms with Gasteiger partial charge in [0.25, 0.3) is 5.91 Å².